The number of nitrogens with two attached hydrogens (primary N) is 1. The minimum Gasteiger partial charge on any atom is -0.507 e. The van der Waals surface area contributed by atoms with Crippen LogP contribution in [-0.4, -0.2) is 22.4 Å². The highest BCUT2D eigenvalue weighted by Gasteiger charge is 2.38. The molecule has 0 saturated carbocycles. The number of rotatable bonds is 3. The van der Waals surface area contributed by atoms with Gasteiger partial charge in [-0.25, -0.2) is 0 Å². The van der Waals surface area contributed by atoms with E-state index in [1.807, 2.05) is 41.5 Å². The van der Waals surface area contributed by atoms with Gasteiger partial charge in [-0.15, -0.1) is 0 Å². The van der Waals surface area contributed by atoms with Crippen molar-refractivity contribution in [1.29, 1.82) is 0 Å². The lowest BCUT2D eigenvalue weighted by Crippen LogP contribution is -2.38. The standard InChI is InChI=1S/C18H28F3NO2/c1-16(2,3)11-7-10(8-12(15(11)24)17(4,5)6)13(23)9-14(22)18(19,20)21/h7-8,13-14,23-24H,9,22H2,1-6H3/t13-,14-/m1/s1. The SMILES string of the molecule is CC(C)(C)c1cc([C@H](O)C[C@@H](N)C(F)(F)F)cc(C(C)(C)C)c1O. The molecule has 0 amide bonds. The molecule has 0 aromatic heterocycles. The predicted molar refractivity (Wildman–Crippen MR) is 89.1 cm³/mol. The van der Waals surface area contributed by atoms with Crippen molar-refractivity contribution in [1.82, 2.24) is 0 Å². The van der Waals surface area contributed by atoms with Gasteiger partial charge >= 0.3 is 6.18 Å². The zero-order valence-corrected chi connectivity index (χ0v) is 15.1. The Morgan fingerprint density at radius 2 is 1.33 bits per heavy atom. The molecule has 3 nitrogen and oxygen atoms in total. The van der Waals surface area contributed by atoms with Gasteiger partial charge in [0.2, 0.25) is 0 Å². The van der Waals surface area contributed by atoms with Crippen LogP contribution in [0.25, 0.3) is 0 Å². The summed E-state index contributed by atoms with van der Waals surface area (Å²) in [5.74, 6) is 0.117. The van der Waals surface area contributed by atoms with Gasteiger partial charge in [0.05, 0.1) is 6.10 Å². The summed E-state index contributed by atoms with van der Waals surface area (Å²) in [6.45, 7) is 11.4. The Labute approximate surface area is 141 Å². The maximum atomic E-state index is 12.7. The van der Waals surface area contributed by atoms with Gasteiger partial charge in [-0.2, -0.15) is 13.2 Å². The van der Waals surface area contributed by atoms with E-state index in [0.717, 1.165) is 0 Å². The van der Waals surface area contributed by atoms with Crippen LogP contribution in [0, 0.1) is 0 Å². The van der Waals surface area contributed by atoms with E-state index in [2.05, 4.69) is 0 Å². The summed E-state index contributed by atoms with van der Waals surface area (Å²) >= 11 is 0. The van der Waals surface area contributed by atoms with Crippen LogP contribution in [0.15, 0.2) is 12.1 Å². The third-order valence-corrected chi connectivity index (χ3v) is 4.03. The van der Waals surface area contributed by atoms with E-state index in [4.69, 9.17) is 5.73 Å². The molecular weight excluding hydrogens is 319 g/mol. The quantitative estimate of drug-likeness (QED) is 0.764. The van der Waals surface area contributed by atoms with Gasteiger partial charge in [-0.1, -0.05) is 41.5 Å². The van der Waals surface area contributed by atoms with Crippen LogP contribution in [0.2, 0.25) is 0 Å². The molecule has 1 aromatic carbocycles. The molecule has 138 valence electrons. The fourth-order valence-corrected chi connectivity index (χ4v) is 2.50. The highest BCUT2D eigenvalue weighted by atomic mass is 19.4. The summed E-state index contributed by atoms with van der Waals surface area (Å²) in [7, 11) is 0. The number of benzene rings is 1. The van der Waals surface area contributed by atoms with Crippen LogP contribution < -0.4 is 5.73 Å². The molecule has 4 N–H and O–H groups in total. The topological polar surface area (TPSA) is 66.5 Å². The van der Waals surface area contributed by atoms with Crippen molar-refractivity contribution in [2.24, 2.45) is 5.73 Å². The molecule has 0 saturated heterocycles. The van der Waals surface area contributed by atoms with Crippen LogP contribution in [0.1, 0.15) is 70.8 Å². The Bertz CT molecular complexity index is 548. The summed E-state index contributed by atoms with van der Waals surface area (Å²) in [4.78, 5) is 0. The van der Waals surface area contributed by atoms with Gasteiger partial charge in [0.15, 0.2) is 0 Å². The summed E-state index contributed by atoms with van der Waals surface area (Å²) < 4.78 is 38.0. The smallest absolute Gasteiger partial charge is 0.403 e. The third-order valence-electron chi connectivity index (χ3n) is 4.03. The minimum atomic E-state index is -4.56. The van der Waals surface area contributed by atoms with Crippen molar-refractivity contribution in [3.05, 3.63) is 28.8 Å². The van der Waals surface area contributed by atoms with Crippen LogP contribution in [0.4, 0.5) is 13.2 Å². The van der Waals surface area contributed by atoms with Gasteiger partial charge in [0.25, 0.3) is 0 Å². The van der Waals surface area contributed by atoms with E-state index in [-0.39, 0.29) is 5.75 Å². The van der Waals surface area contributed by atoms with Crippen molar-refractivity contribution in [3.8, 4) is 5.75 Å². The Balaban J connectivity index is 3.39. The first kappa shape index (κ1) is 20.8. The molecule has 0 aliphatic heterocycles. The van der Waals surface area contributed by atoms with E-state index >= 15 is 0 Å². The second-order valence-electron chi connectivity index (χ2n) is 8.36. The van der Waals surface area contributed by atoms with Crippen LogP contribution in [0.3, 0.4) is 0 Å². The predicted octanol–water partition coefficient (Wildman–Crippen LogP) is 4.30. The molecule has 6 heteroatoms. The van der Waals surface area contributed by atoms with Crippen molar-refractivity contribution in [2.75, 3.05) is 0 Å². The van der Waals surface area contributed by atoms with Crippen molar-refractivity contribution in [2.45, 2.75) is 77.1 Å². The summed E-state index contributed by atoms with van der Waals surface area (Å²) in [6.07, 6.45) is -6.54. The zero-order chi connectivity index (χ0) is 19.1. The molecule has 1 rings (SSSR count). The number of halogens is 3. The maximum Gasteiger partial charge on any atom is 0.403 e. The molecule has 1 aromatic rings. The average Bonchev–Trinajstić information content (AvgIpc) is 2.34. The number of hydrogen-bond donors (Lipinski definition) is 3. The van der Waals surface area contributed by atoms with Crippen LogP contribution in [-0.2, 0) is 10.8 Å². The second-order valence-corrected chi connectivity index (χ2v) is 8.36. The molecule has 24 heavy (non-hydrogen) atoms. The molecule has 0 bridgehead atoms. The van der Waals surface area contributed by atoms with Gasteiger partial charge in [0.1, 0.15) is 11.8 Å². The first-order valence-electron chi connectivity index (χ1n) is 7.93. The van der Waals surface area contributed by atoms with E-state index < -0.39 is 35.6 Å². The number of phenols is 1. The third kappa shape index (κ3) is 4.86. The van der Waals surface area contributed by atoms with Crippen molar-refractivity contribution >= 4 is 0 Å². The average molecular weight is 347 g/mol. The fourth-order valence-electron chi connectivity index (χ4n) is 2.50. The summed E-state index contributed by atoms with van der Waals surface area (Å²) in [5.41, 5.74) is 5.79. The lowest BCUT2D eigenvalue weighted by atomic mass is 9.77. The van der Waals surface area contributed by atoms with Gasteiger partial charge in [-0.05, 0) is 39.7 Å². The Morgan fingerprint density at radius 3 is 1.62 bits per heavy atom. The number of aromatic hydroxyl groups is 1. The monoisotopic (exact) mass is 347 g/mol. The molecule has 0 aliphatic carbocycles. The highest BCUT2D eigenvalue weighted by molar-refractivity contribution is 5.50. The van der Waals surface area contributed by atoms with Gasteiger partial charge in [0, 0.05) is 6.42 Å². The molecule has 2 atom stereocenters. The first-order chi connectivity index (χ1) is 10.5. The van der Waals surface area contributed by atoms with E-state index in [9.17, 15) is 23.4 Å². The molecule has 0 heterocycles. The maximum absolute atomic E-state index is 12.7. The van der Waals surface area contributed by atoms with Crippen LogP contribution >= 0.6 is 0 Å². The number of aliphatic hydroxyl groups excluding tert-OH is 1. The van der Waals surface area contributed by atoms with Crippen molar-refractivity contribution in [3.63, 3.8) is 0 Å². The number of hydrogen-bond acceptors (Lipinski definition) is 3. The molecule has 0 spiro atoms. The summed E-state index contributed by atoms with van der Waals surface area (Å²) in [5, 5.41) is 20.9. The molecule has 0 aliphatic rings. The molecule has 0 unspecified atom stereocenters. The number of aliphatic hydroxyl groups is 1. The highest BCUT2D eigenvalue weighted by Crippen LogP contribution is 2.41. The van der Waals surface area contributed by atoms with E-state index in [1.54, 1.807) is 12.1 Å². The number of alkyl halides is 3. The zero-order valence-electron chi connectivity index (χ0n) is 15.1. The summed E-state index contributed by atoms with van der Waals surface area (Å²) in [6, 6.07) is 1.04. The van der Waals surface area contributed by atoms with Gasteiger partial charge in [-0.3, -0.25) is 0 Å². The Kier molecular flexibility index (Phi) is 5.68. The minimum absolute atomic E-state index is 0.117. The van der Waals surface area contributed by atoms with E-state index in [1.165, 1.54) is 0 Å². The fraction of sp³-hybridized carbons (Fsp3) is 0.667. The largest absolute Gasteiger partial charge is 0.507 e. The Hall–Kier alpha value is -1.27. The molecule has 0 radical (unpaired) electrons. The van der Waals surface area contributed by atoms with Crippen LogP contribution in [0.5, 0.6) is 5.75 Å². The molecule has 0 fully saturated rings. The lowest BCUT2D eigenvalue weighted by molar-refractivity contribution is -0.153. The first-order valence-corrected chi connectivity index (χ1v) is 7.93. The molecular formula is C18H28F3NO2. The Morgan fingerprint density at radius 1 is 0.958 bits per heavy atom. The number of phenolic OH excluding ortho intramolecular Hbond substituents is 1. The van der Waals surface area contributed by atoms with Gasteiger partial charge < -0.3 is 15.9 Å². The van der Waals surface area contributed by atoms with Crippen molar-refractivity contribution < 1.29 is 23.4 Å². The lowest BCUT2D eigenvalue weighted by Gasteiger charge is -2.29. The van der Waals surface area contributed by atoms with E-state index in [0.29, 0.717) is 16.7 Å². The normalized spacial score (nSPS) is 16.1. The second kappa shape index (κ2) is 6.56.